The minimum atomic E-state index is -0.282. The number of halogens is 2. The van der Waals surface area contributed by atoms with E-state index in [1.165, 1.54) is 22.4 Å². The summed E-state index contributed by atoms with van der Waals surface area (Å²) in [7, 11) is 0. The molecular weight excluding hydrogens is 927 g/mol. The van der Waals surface area contributed by atoms with E-state index in [1.807, 2.05) is 36.1 Å². The number of hydrogen-bond donors (Lipinski definition) is 1. The van der Waals surface area contributed by atoms with Crippen molar-refractivity contribution in [3.63, 3.8) is 0 Å². The van der Waals surface area contributed by atoms with Crippen LogP contribution in [0.2, 0.25) is 0 Å². The second-order valence-corrected chi connectivity index (χ2v) is 15.4. The first-order valence-electron chi connectivity index (χ1n) is 13.6. The van der Waals surface area contributed by atoms with Crippen molar-refractivity contribution in [2.45, 2.75) is 47.5 Å². The van der Waals surface area contributed by atoms with Gasteiger partial charge in [0.2, 0.25) is 0 Å². The average Bonchev–Trinajstić information content (AvgIpc) is 3.54. The van der Waals surface area contributed by atoms with E-state index in [0.717, 1.165) is 21.7 Å². The van der Waals surface area contributed by atoms with Gasteiger partial charge in [-0.1, -0.05) is 17.7 Å². The van der Waals surface area contributed by atoms with Gasteiger partial charge in [0.15, 0.2) is 0 Å². The van der Waals surface area contributed by atoms with Gasteiger partial charge in [-0.2, -0.15) is 6.67 Å². The molecule has 2 aromatic rings. The fourth-order valence-corrected chi connectivity index (χ4v) is 9.75. The molecule has 0 fully saturated rings. The van der Waals surface area contributed by atoms with Crippen molar-refractivity contribution in [1.29, 1.82) is 0 Å². The molecule has 41 heavy (non-hydrogen) atoms. The molecule has 0 radical (unpaired) electrons. The Morgan fingerprint density at radius 1 is 0.829 bits per heavy atom. The molecular formula is C31H38AuI2N4O3-. The number of hydrogen-bond acceptors (Lipinski definition) is 5. The molecule has 0 saturated heterocycles. The van der Waals surface area contributed by atoms with E-state index >= 15 is 0 Å². The number of aromatic nitrogens is 2. The van der Waals surface area contributed by atoms with Gasteiger partial charge in [0.1, 0.15) is 0 Å². The summed E-state index contributed by atoms with van der Waals surface area (Å²) in [4.78, 5) is 30.0. The van der Waals surface area contributed by atoms with Crippen molar-refractivity contribution >= 4 is 16.5 Å². The molecule has 226 valence electrons. The van der Waals surface area contributed by atoms with Crippen LogP contribution < -0.4 is 58.7 Å². The van der Waals surface area contributed by atoms with Crippen LogP contribution in [0.1, 0.15) is 43.4 Å². The monoisotopic (exact) mass is 965 g/mol. The van der Waals surface area contributed by atoms with Gasteiger partial charge in [-0.3, -0.25) is 0 Å². The standard InChI is InChI=1S/C17H19I2N2O2.C14H19N2O.Au/c1-3-9-18-20-11-21(19-10-4-2)15-14(20)16(22)12-7-5-6-8-13(12)17(15)23;1-11-8-12(2)14(13(3)9-11)16-5-4-15(10-16)6-7-17;/h5-8,11H,3-4,9-10H2,1-2H3;4-5,8-10,17H,6-7H2,1-3H3;/q-3;-1;+3. The molecule has 1 N–H and O–H groups in total. The Labute approximate surface area is 279 Å². The molecule has 3 aliphatic rings. The Bertz CT molecular complexity index is 1580. The first-order valence-corrected chi connectivity index (χ1v) is 18.6. The van der Waals surface area contributed by atoms with E-state index in [4.69, 9.17) is 5.11 Å². The maximum absolute atomic E-state index is 13.0. The van der Waals surface area contributed by atoms with Crippen molar-refractivity contribution in [2.75, 3.05) is 26.9 Å². The molecule has 0 saturated carbocycles. The van der Waals surface area contributed by atoms with Crippen LogP contribution in [-0.2, 0) is 22.4 Å². The van der Waals surface area contributed by atoms with Gasteiger partial charge < -0.3 is 14.9 Å². The summed E-state index contributed by atoms with van der Waals surface area (Å²) >= 11 is -0.564. The number of anilines is 1. The largest absolute Gasteiger partial charge is 3.00 e. The Hall–Kier alpha value is -1.51. The number of β-amino-alcohol motifs (C(OH)–C–C–N with tert-alkyl or cyclic N) is 1. The van der Waals surface area contributed by atoms with Crippen LogP contribution in [0.5, 0.6) is 0 Å². The molecule has 2 aliphatic heterocycles. The zero-order valence-electron chi connectivity index (χ0n) is 24.1. The van der Waals surface area contributed by atoms with Gasteiger partial charge >= 0.3 is 179 Å². The van der Waals surface area contributed by atoms with Crippen LogP contribution >= 0.6 is 0 Å². The van der Waals surface area contributed by atoms with Crippen molar-refractivity contribution in [2.24, 2.45) is 0 Å². The molecule has 2 aromatic carbocycles. The molecule has 10 heteroatoms. The maximum atomic E-state index is 13.0. The Morgan fingerprint density at radius 3 is 1.80 bits per heavy atom. The molecule has 2 heterocycles. The molecule has 0 aromatic heterocycles. The van der Waals surface area contributed by atoms with Gasteiger partial charge in [-0.25, -0.2) is 0 Å². The number of fused-ring (bicyclic) bond motifs is 1. The van der Waals surface area contributed by atoms with E-state index in [0.29, 0.717) is 28.0 Å². The Kier molecular flexibility index (Phi) is 13.1. The van der Waals surface area contributed by atoms with Gasteiger partial charge in [0.05, 0.1) is 6.61 Å². The topological polar surface area (TPSA) is 70.7 Å². The number of rotatable bonds is 9. The molecule has 0 atom stereocenters. The minimum absolute atomic E-state index is 0. The summed E-state index contributed by atoms with van der Waals surface area (Å²) in [5.74, 6) is 0. The fraction of sp³-hybridized carbons (Fsp3) is 0.355. The zero-order chi connectivity index (χ0) is 28.8. The van der Waals surface area contributed by atoms with Crippen LogP contribution in [0.25, 0.3) is 10.8 Å². The number of benzene rings is 2. The Morgan fingerprint density at radius 2 is 1.34 bits per heavy atom. The third kappa shape index (κ3) is 7.72. The summed E-state index contributed by atoms with van der Waals surface area (Å²) in [6.45, 7) is 13.5. The maximum Gasteiger partial charge on any atom is 3.00 e. The average molecular weight is 965 g/mol. The van der Waals surface area contributed by atoms with Crippen LogP contribution in [0.15, 0.2) is 64.7 Å². The van der Waals surface area contributed by atoms with Crippen molar-refractivity contribution < 1.29 is 70.4 Å². The number of nitrogens with zero attached hydrogens (tertiary/aromatic N) is 4. The predicted molar refractivity (Wildman–Crippen MR) is 155 cm³/mol. The van der Waals surface area contributed by atoms with Crippen molar-refractivity contribution in [3.05, 3.63) is 110 Å². The van der Waals surface area contributed by atoms with Crippen molar-refractivity contribution in [1.82, 2.24) is 10.5 Å². The fourth-order valence-electron chi connectivity index (χ4n) is 4.84. The van der Waals surface area contributed by atoms with E-state index in [1.54, 1.807) is 12.1 Å². The molecule has 1 aliphatic carbocycles. The second-order valence-electron chi connectivity index (χ2n) is 9.79. The van der Waals surface area contributed by atoms with E-state index < -0.39 is 0 Å². The zero-order valence-corrected chi connectivity index (χ0v) is 30.6. The molecule has 7 nitrogen and oxygen atoms in total. The predicted octanol–water partition coefficient (Wildman–Crippen LogP) is -1.55. The number of aryl methyl sites for hydroxylation is 3. The van der Waals surface area contributed by atoms with Gasteiger partial charge in [-0.05, 0) is 44.3 Å². The van der Waals surface area contributed by atoms with Crippen LogP contribution in [0.3, 0.4) is 0 Å². The SMILES string of the molecule is CCC[I-]n1[cH-]n([I-]CCC)c2c(=O)c3ccccc3c(=O)c1=2.Cc1cc(C)c(N2C=CN(CCO)[CH-]2)c(C)c1.[Au+3]. The van der Waals surface area contributed by atoms with Crippen LogP contribution in [0, 0.1) is 38.1 Å². The summed E-state index contributed by atoms with van der Waals surface area (Å²) < 4.78 is 6.47. The van der Waals surface area contributed by atoms with Gasteiger partial charge in [0, 0.05) is 12.2 Å². The Balaban J connectivity index is 0.000000230. The third-order valence-corrected chi connectivity index (χ3v) is 12.5. The number of alkyl halides is 2. The number of aliphatic hydroxyl groups excluding tert-OH is 1. The summed E-state index contributed by atoms with van der Waals surface area (Å²) in [5, 5.41) is 11.3. The summed E-state index contributed by atoms with van der Waals surface area (Å²) in [6, 6.07) is 11.6. The van der Waals surface area contributed by atoms with E-state index in [9.17, 15) is 9.59 Å². The molecule has 0 spiro atoms. The molecule has 0 unspecified atom stereocenters. The second kappa shape index (κ2) is 15.8. The van der Waals surface area contributed by atoms with Crippen LogP contribution in [0.4, 0.5) is 5.69 Å². The van der Waals surface area contributed by atoms with E-state index in [-0.39, 0.29) is 82.8 Å². The smallest absolute Gasteiger partial charge is 0.506 e. The first kappa shape index (κ1) is 34.0. The molecule has 0 amide bonds. The van der Waals surface area contributed by atoms with Crippen LogP contribution in [-0.4, -0.2) is 37.6 Å². The summed E-state index contributed by atoms with van der Waals surface area (Å²) in [5.41, 5.74) is 5.10. The third-order valence-electron chi connectivity index (χ3n) is 6.45. The van der Waals surface area contributed by atoms with E-state index in [2.05, 4.69) is 63.5 Å². The number of aliphatic hydroxyl groups is 1. The first-order chi connectivity index (χ1) is 19.3. The minimum Gasteiger partial charge on any atom is -0.506 e. The molecule has 5 rings (SSSR count). The molecule has 0 bridgehead atoms. The quantitative estimate of drug-likeness (QED) is 0.0954. The summed E-state index contributed by atoms with van der Waals surface area (Å²) in [6.07, 6.45) is 8.29. The van der Waals surface area contributed by atoms with Gasteiger partial charge in [-0.15, -0.1) is 0 Å². The van der Waals surface area contributed by atoms with Gasteiger partial charge in [0.25, 0.3) is 0 Å². The van der Waals surface area contributed by atoms with Crippen molar-refractivity contribution in [3.8, 4) is 0 Å². The normalized spacial score (nSPS) is 12.8.